The highest BCUT2D eigenvalue weighted by Gasteiger charge is 2.38. The van der Waals surface area contributed by atoms with Crippen molar-refractivity contribution in [1.29, 1.82) is 0 Å². The summed E-state index contributed by atoms with van der Waals surface area (Å²) in [6.45, 7) is 2.30. The molecule has 1 aromatic carbocycles. The first kappa shape index (κ1) is 17.0. The fourth-order valence-corrected chi connectivity index (χ4v) is 1.65. The third kappa shape index (κ3) is 5.07. The zero-order valence-corrected chi connectivity index (χ0v) is 11.0. The Balaban J connectivity index is 0.000000270. The molecular weight excluding hydrogens is 289 g/mol. The number of nitrogens with two attached hydrogens (primary N) is 1. The molecule has 1 aromatic rings. The average molecular weight is 304 g/mol. The van der Waals surface area contributed by atoms with E-state index in [-0.39, 0.29) is 5.91 Å². The van der Waals surface area contributed by atoms with Gasteiger partial charge in [-0.2, -0.15) is 13.2 Å². The molecule has 1 fully saturated rings. The molecule has 0 unspecified atom stereocenters. The summed E-state index contributed by atoms with van der Waals surface area (Å²) in [4.78, 5) is 22.5. The number of nitrogens with zero attached hydrogens (tertiary/aromatic N) is 1. The largest absolute Gasteiger partial charge is 0.490 e. The van der Waals surface area contributed by atoms with Crippen LogP contribution in [0.15, 0.2) is 30.3 Å². The molecule has 8 heteroatoms. The second-order valence-electron chi connectivity index (χ2n) is 4.48. The summed E-state index contributed by atoms with van der Waals surface area (Å²) in [6, 6.07) is 9.37. The van der Waals surface area contributed by atoms with Crippen molar-refractivity contribution in [2.75, 3.05) is 19.6 Å². The summed E-state index contributed by atoms with van der Waals surface area (Å²) < 4.78 is 31.7. The minimum atomic E-state index is -5.08. The Morgan fingerprint density at radius 3 is 2.10 bits per heavy atom. The normalized spacial score (nSPS) is 14.8. The highest BCUT2D eigenvalue weighted by molar-refractivity contribution is 5.94. The van der Waals surface area contributed by atoms with E-state index in [1.54, 1.807) is 0 Å². The van der Waals surface area contributed by atoms with E-state index in [1.165, 1.54) is 0 Å². The summed E-state index contributed by atoms with van der Waals surface area (Å²) in [7, 11) is 0. The summed E-state index contributed by atoms with van der Waals surface area (Å²) in [5.74, 6) is -2.13. The van der Waals surface area contributed by atoms with E-state index < -0.39 is 12.1 Å². The van der Waals surface area contributed by atoms with Crippen LogP contribution in [0, 0.1) is 5.92 Å². The molecule has 0 atom stereocenters. The second-order valence-corrected chi connectivity index (χ2v) is 4.48. The van der Waals surface area contributed by atoms with Crippen molar-refractivity contribution in [2.24, 2.45) is 11.7 Å². The lowest BCUT2D eigenvalue weighted by Gasteiger charge is -2.38. The molecule has 0 spiro atoms. The molecule has 1 amide bonds. The van der Waals surface area contributed by atoms with Gasteiger partial charge in [0.2, 0.25) is 0 Å². The van der Waals surface area contributed by atoms with Gasteiger partial charge < -0.3 is 15.7 Å². The van der Waals surface area contributed by atoms with Crippen molar-refractivity contribution in [3.8, 4) is 0 Å². The predicted molar refractivity (Wildman–Crippen MR) is 68.6 cm³/mol. The Labute approximate surface area is 119 Å². The molecule has 116 valence electrons. The molecule has 2 rings (SSSR count). The zero-order chi connectivity index (χ0) is 16.0. The number of amides is 1. The van der Waals surface area contributed by atoms with Crippen LogP contribution in [0.4, 0.5) is 13.2 Å². The number of hydrogen-bond acceptors (Lipinski definition) is 3. The summed E-state index contributed by atoms with van der Waals surface area (Å²) in [5, 5.41) is 7.12. The average Bonchev–Trinajstić information content (AvgIpc) is 2.38. The number of aliphatic carboxylic acids is 1. The van der Waals surface area contributed by atoms with E-state index in [0.29, 0.717) is 12.5 Å². The van der Waals surface area contributed by atoms with Gasteiger partial charge in [0.15, 0.2) is 0 Å². The smallest absolute Gasteiger partial charge is 0.475 e. The van der Waals surface area contributed by atoms with Gasteiger partial charge in [-0.1, -0.05) is 18.2 Å². The monoisotopic (exact) mass is 304 g/mol. The number of carbonyl (C=O) groups is 2. The van der Waals surface area contributed by atoms with Gasteiger partial charge in [0.1, 0.15) is 0 Å². The summed E-state index contributed by atoms with van der Waals surface area (Å²) in [5.41, 5.74) is 6.26. The number of likely N-dealkylation sites (tertiary alicyclic amines) is 1. The number of alkyl halides is 3. The molecular formula is C13H15F3N2O3. The van der Waals surface area contributed by atoms with E-state index in [4.69, 9.17) is 15.6 Å². The van der Waals surface area contributed by atoms with E-state index in [0.717, 1.165) is 18.7 Å². The van der Waals surface area contributed by atoms with Crippen molar-refractivity contribution in [3.63, 3.8) is 0 Å². The highest BCUT2D eigenvalue weighted by Crippen LogP contribution is 2.17. The van der Waals surface area contributed by atoms with Crippen molar-refractivity contribution in [1.82, 2.24) is 4.90 Å². The molecule has 21 heavy (non-hydrogen) atoms. The maximum atomic E-state index is 11.8. The molecule has 0 bridgehead atoms. The fraction of sp³-hybridized carbons (Fsp3) is 0.385. The van der Waals surface area contributed by atoms with Crippen LogP contribution in [0.2, 0.25) is 0 Å². The van der Waals surface area contributed by atoms with E-state index >= 15 is 0 Å². The molecule has 0 saturated carbocycles. The van der Waals surface area contributed by atoms with Crippen LogP contribution in [-0.4, -0.2) is 47.7 Å². The van der Waals surface area contributed by atoms with Gasteiger partial charge in [-0.15, -0.1) is 0 Å². The third-order valence-corrected chi connectivity index (χ3v) is 2.84. The Kier molecular flexibility index (Phi) is 5.71. The first-order chi connectivity index (χ1) is 9.75. The number of rotatable bonds is 2. The number of carbonyl (C=O) groups excluding carboxylic acids is 1. The van der Waals surface area contributed by atoms with Crippen molar-refractivity contribution >= 4 is 11.9 Å². The van der Waals surface area contributed by atoms with Crippen LogP contribution in [0.3, 0.4) is 0 Å². The van der Waals surface area contributed by atoms with E-state index in [1.807, 2.05) is 35.2 Å². The quantitative estimate of drug-likeness (QED) is 0.864. The molecule has 0 radical (unpaired) electrons. The number of hydrogen-bond donors (Lipinski definition) is 2. The third-order valence-electron chi connectivity index (χ3n) is 2.84. The maximum Gasteiger partial charge on any atom is 0.490 e. The van der Waals surface area contributed by atoms with Crippen molar-refractivity contribution < 1.29 is 27.9 Å². The molecule has 1 aliphatic rings. The molecule has 0 aromatic heterocycles. The molecule has 1 aliphatic heterocycles. The number of halogens is 3. The predicted octanol–water partition coefficient (Wildman–Crippen LogP) is 1.35. The maximum absolute atomic E-state index is 11.8. The Bertz CT molecular complexity index is 485. The Hall–Kier alpha value is -2.09. The lowest BCUT2D eigenvalue weighted by molar-refractivity contribution is -0.192. The standard InChI is InChI=1S/C11H14N2O.C2HF3O2/c12-6-9-7-13(8-9)11(14)10-4-2-1-3-5-10;3-2(4,5)1(6)7/h1-5,9H,6-8,12H2;(H,6,7). The second kappa shape index (κ2) is 7.07. The van der Waals surface area contributed by atoms with E-state index in [2.05, 4.69) is 0 Å². The molecule has 5 nitrogen and oxygen atoms in total. The Morgan fingerprint density at radius 2 is 1.71 bits per heavy atom. The first-order valence-corrected chi connectivity index (χ1v) is 6.10. The van der Waals surface area contributed by atoms with Gasteiger partial charge >= 0.3 is 12.1 Å². The van der Waals surface area contributed by atoms with Crippen LogP contribution in [-0.2, 0) is 4.79 Å². The van der Waals surface area contributed by atoms with Crippen LogP contribution >= 0.6 is 0 Å². The number of carboxylic acid groups (broad SMARTS) is 1. The van der Waals surface area contributed by atoms with Gasteiger partial charge in [-0.25, -0.2) is 4.79 Å². The zero-order valence-electron chi connectivity index (χ0n) is 11.0. The van der Waals surface area contributed by atoms with Crippen LogP contribution < -0.4 is 5.73 Å². The topological polar surface area (TPSA) is 83.6 Å². The van der Waals surface area contributed by atoms with Gasteiger partial charge in [0, 0.05) is 24.6 Å². The molecule has 3 N–H and O–H groups in total. The minimum absolute atomic E-state index is 0.121. The molecule has 1 heterocycles. The SMILES string of the molecule is NCC1CN(C(=O)c2ccccc2)C1.O=C(O)C(F)(F)F. The van der Waals surface area contributed by atoms with Gasteiger partial charge in [-0.05, 0) is 18.7 Å². The lowest BCUT2D eigenvalue weighted by atomic mass is 9.99. The van der Waals surface area contributed by atoms with E-state index in [9.17, 15) is 18.0 Å². The van der Waals surface area contributed by atoms with Crippen LogP contribution in [0.25, 0.3) is 0 Å². The van der Waals surface area contributed by atoms with Gasteiger partial charge in [0.05, 0.1) is 0 Å². The van der Waals surface area contributed by atoms with Gasteiger partial charge in [0.25, 0.3) is 5.91 Å². The lowest BCUT2D eigenvalue weighted by Crippen LogP contribution is -2.52. The Morgan fingerprint density at radius 1 is 1.24 bits per heavy atom. The van der Waals surface area contributed by atoms with Crippen molar-refractivity contribution in [3.05, 3.63) is 35.9 Å². The first-order valence-electron chi connectivity index (χ1n) is 6.10. The minimum Gasteiger partial charge on any atom is -0.475 e. The number of benzene rings is 1. The van der Waals surface area contributed by atoms with Crippen molar-refractivity contribution in [2.45, 2.75) is 6.18 Å². The van der Waals surface area contributed by atoms with Crippen LogP contribution in [0.1, 0.15) is 10.4 Å². The fourth-order valence-electron chi connectivity index (χ4n) is 1.65. The molecule has 0 aliphatic carbocycles. The van der Waals surface area contributed by atoms with Gasteiger partial charge in [-0.3, -0.25) is 4.79 Å². The van der Waals surface area contributed by atoms with Crippen LogP contribution in [0.5, 0.6) is 0 Å². The summed E-state index contributed by atoms with van der Waals surface area (Å²) >= 11 is 0. The summed E-state index contributed by atoms with van der Waals surface area (Å²) in [6.07, 6.45) is -5.08. The highest BCUT2D eigenvalue weighted by atomic mass is 19.4. The number of carboxylic acids is 1. The molecule has 1 saturated heterocycles.